The van der Waals surface area contributed by atoms with E-state index in [1.165, 1.54) is 0 Å². The molecule has 8 heteroatoms. The lowest BCUT2D eigenvalue weighted by Crippen LogP contribution is -2.11. The van der Waals surface area contributed by atoms with Gasteiger partial charge in [0.25, 0.3) is 0 Å². The van der Waals surface area contributed by atoms with Crippen molar-refractivity contribution >= 4 is 33.7 Å². The topological polar surface area (TPSA) is 99.7 Å². The fourth-order valence-corrected chi connectivity index (χ4v) is 3.72. The quantitative estimate of drug-likeness (QED) is 0.378. The van der Waals surface area contributed by atoms with E-state index in [1.54, 1.807) is 51.4 Å². The van der Waals surface area contributed by atoms with Gasteiger partial charge < -0.3 is 23.9 Å². The summed E-state index contributed by atoms with van der Waals surface area (Å²) in [6.07, 6.45) is 1.61. The number of carbonyl (C=O) groups excluding carboxylic acids is 2. The van der Waals surface area contributed by atoms with Gasteiger partial charge in [0.15, 0.2) is 5.69 Å². The number of benzene rings is 2. The normalized spacial score (nSPS) is 11.0. The van der Waals surface area contributed by atoms with Gasteiger partial charge in [0.1, 0.15) is 11.5 Å². The number of hydrogen-bond donors (Lipinski definition) is 1. The maximum absolute atomic E-state index is 12.5. The Kier molecular flexibility index (Phi) is 6.55. The molecule has 0 unspecified atom stereocenters. The minimum absolute atomic E-state index is 0.175. The highest BCUT2D eigenvalue weighted by Gasteiger charge is 2.22. The van der Waals surface area contributed by atoms with Crippen LogP contribution in [0.5, 0.6) is 11.5 Å². The van der Waals surface area contributed by atoms with Crippen LogP contribution in [0.15, 0.2) is 48.7 Å². The van der Waals surface area contributed by atoms with Crippen LogP contribution in [0.25, 0.3) is 21.8 Å². The van der Waals surface area contributed by atoms with Crippen LogP contribution in [0.3, 0.4) is 0 Å². The highest BCUT2D eigenvalue weighted by Crippen LogP contribution is 2.38. The molecule has 1 N–H and O–H groups in total. The SMILES string of the molecule is CCOC(=O)c1ccc(Oc2cccc3[nH]c4cnc(C(=O)OCC)c(COC)c4c23)cc1. The number of pyridine rings is 1. The molecule has 0 atom stereocenters. The molecule has 0 bridgehead atoms. The second-order valence-corrected chi connectivity index (χ2v) is 7.18. The molecule has 0 amide bonds. The van der Waals surface area contributed by atoms with Crippen LogP contribution >= 0.6 is 0 Å². The van der Waals surface area contributed by atoms with Gasteiger partial charge in [-0.05, 0) is 50.2 Å². The van der Waals surface area contributed by atoms with Crippen LogP contribution in [0.1, 0.15) is 40.3 Å². The molecule has 0 aliphatic rings. The maximum Gasteiger partial charge on any atom is 0.357 e. The zero-order valence-corrected chi connectivity index (χ0v) is 18.6. The van der Waals surface area contributed by atoms with E-state index in [0.29, 0.717) is 29.2 Å². The van der Waals surface area contributed by atoms with Crippen LogP contribution in [0.4, 0.5) is 0 Å². The number of nitrogens with zero attached hydrogens (tertiary/aromatic N) is 1. The second-order valence-electron chi connectivity index (χ2n) is 7.18. The van der Waals surface area contributed by atoms with Gasteiger partial charge in [-0.15, -0.1) is 0 Å². The van der Waals surface area contributed by atoms with E-state index in [-0.39, 0.29) is 24.9 Å². The number of fused-ring (bicyclic) bond motifs is 3. The average molecular weight is 448 g/mol. The van der Waals surface area contributed by atoms with E-state index in [1.807, 2.05) is 18.2 Å². The van der Waals surface area contributed by atoms with Crippen molar-refractivity contribution in [2.75, 3.05) is 20.3 Å². The molecule has 0 aliphatic heterocycles. The van der Waals surface area contributed by atoms with Gasteiger partial charge in [0, 0.05) is 18.1 Å². The zero-order chi connectivity index (χ0) is 23.4. The van der Waals surface area contributed by atoms with Crippen molar-refractivity contribution in [3.63, 3.8) is 0 Å². The Hall–Kier alpha value is -3.91. The monoisotopic (exact) mass is 448 g/mol. The summed E-state index contributed by atoms with van der Waals surface area (Å²) in [5.74, 6) is 0.249. The smallest absolute Gasteiger partial charge is 0.357 e. The third-order valence-corrected chi connectivity index (χ3v) is 5.08. The molecule has 4 rings (SSSR count). The Balaban J connectivity index is 1.81. The highest BCUT2D eigenvalue weighted by atomic mass is 16.5. The van der Waals surface area contributed by atoms with Crippen LogP contribution in [0.2, 0.25) is 0 Å². The molecule has 0 saturated carbocycles. The number of aromatic amines is 1. The lowest BCUT2D eigenvalue weighted by atomic mass is 10.0. The number of carbonyl (C=O) groups is 2. The number of hydrogen-bond acceptors (Lipinski definition) is 7. The van der Waals surface area contributed by atoms with Gasteiger partial charge >= 0.3 is 11.9 Å². The Bertz CT molecular complexity index is 1310. The summed E-state index contributed by atoms with van der Waals surface area (Å²) < 4.78 is 21.8. The summed E-state index contributed by atoms with van der Waals surface area (Å²) in [7, 11) is 1.56. The van der Waals surface area contributed by atoms with E-state index in [4.69, 9.17) is 18.9 Å². The van der Waals surface area contributed by atoms with E-state index >= 15 is 0 Å². The summed E-state index contributed by atoms with van der Waals surface area (Å²) in [5.41, 5.74) is 2.85. The lowest BCUT2D eigenvalue weighted by Gasteiger charge is -2.11. The van der Waals surface area contributed by atoms with Crippen LogP contribution in [-0.2, 0) is 20.8 Å². The Labute approximate surface area is 190 Å². The van der Waals surface area contributed by atoms with E-state index in [9.17, 15) is 9.59 Å². The standard InChI is InChI=1S/C25H24N2O6/c1-4-31-24(28)15-9-11-16(12-10-15)33-20-8-6-7-18-22(20)21-17(14-30-3)23(25(29)32-5-2)26-13-19(21)27-18/h6-13,27H,4-5,14H2,1-3H3. The number of H-pyrrole nitrogens is 1. The molecule has 2 heterocycles. The summed E-state index contributed by atoms with van der Waals surface area (Å²) in [5, 5.41) is 1.57. The molecular weight excluding hydrogens is 424 g/mol. The first-order valence-electron chi connectivity index (χ1n) is 10.6. The fourth-order valence-electron chi connectivity index (χ4n) is 3.72. The molecule has 8 nitrogen and oxygen atoms in total. The number of rotatable bonds is 8. The molecule has 0 aliphatic carbocycles. The predicted octanol–water partition coefficient (Wildman–Crippen LogP) is 5.01. The zero-order valence-electron chi connectivity index (χ0n) is 18.6. The third kappa shape index (κ3) is 4.38. The average Bonchev–Trinajstić information content (AvgIpc) is 3.20. The van der Waals surface area contributed by atoms with E-state index in [2.05, 4.69) is 9.97 Å². The Morgan fingerprint density at radius 3 is 2.33 bits per heavy atom. The van der Waals surface area contributed by atoms with Crippen LogP contribution in [-0.4, -0.2) is 42.2 Å². The Morgan fingerprint density at radius 1 is 0.909 bits per heavy atom. The molecule has 0 radical (unpaired) electrons. The van der Waals surface area contributed by atoms with Crippen LogP contribution < -0.4 is 4.74 Å². The van der Waals surface area contributed by atoms with Gasteiger partial charge in [-0.2, -0.15) is 0 Å². The number of esters is 2. The number of methoxy groups -OCH3 is 1. The first kappa shape index (κ1) is 22.3. The number of nitrogens with one attached hydrogen (secondary N) is 1. The number of ether oxygens (including phenoxy) is 4. The van der Waals surface area contributed by atoms with Crippen LogP contribution in [0, 0.1) is 0 Å². The summed E-state index contributed by atoms with van der Waals surface area (Å²) in [6, 6.07) is 12.4. The predicted molar refractivity (Wildman–Crippen MR) is 123 cm³/mol. The van der Waals surface area contributed by atoms with Crippen molar-refractivity contribution in [1.82, 2.24) is 9.97 Å². The Morgan fingerprint density at radius 2 is 1.64 bits per heavy atom. The molecule has 0 spiro atoms. The maximum atomic E-state index is 12.5. The third-order valence-electron chi connectivity index (χ3n) is 5.08. The van der Waals surface area contributed by atoms with Gasteiger partial charge in [0.05, 0.1) is 48.0 Å². The summed E-state index contributed by atoms with van der Waals surface area (Å²) >= 11 is 0. The first-order valence-corrected chi connectivity index (χ1v) is 10.6. The van der Waals surface area contributed by atoms with Gasteiger partial charge in [0.2, 0.25) is 0 Å². The molecular formula is C25H24N2O6. The highest BCUT2D eigenvalue weighted by molar-refractivity contribution is 6.13. The van der Waals surface area contributed by atoms with Crippen molar-refractivity contribution in [3.05, 3.63) is 65.5 Å². The molecule has 170 valence electrons. The first-order chi connectivity index (χ1) is 16.1. The molecule has 33 heavy (non-hydrogen) atoms. The minimum Gasteiger partial charge on any atom is -0.462 e. The summed E-state index contributed by atoms with van der Waals surface area (Å²) in [6.45, 7) is 4.24. The second kappa shape index (κ2) is 9.70. The van der Waals surface area contributed by atoms with E-state index < -0.39 is 5.97 Å². The molecule has 2 aromatic heterocycles. The van der Waals surface area contributed by atoms with Gasteiger partial charge in [-0.1, -0.05) is 6.07 Å². The van der Waals surface area contributed by atoms with Crippen molar-refractivity contribution < 1.29 is 28.5 Å². The largest absolute Gasteiger partial charge is 0.462 e. The van der Waals surface area contributed by atoms with E-state index in [0.717, 1.165) is 21.8 Å². The fraction of sp³-hybridized carbons (Fsp3) is 0.240. The molecule has 2 aromatic carbocycles. The molecule has 0 saturated heterocycles. The minimum atomic E-state index is -0.506. The summed E-state index contributed by atoms with van der Waals surface area (Å²) in [4.78, 5) is 32.1. The van der Waals surface area contributed by atoms with Crippen molar-refractivity contribution in [2.24, 2.45) is 0 Å². The van der Waals surface area contributed by atoms with Crippen molar-refractivity contribution in [3.8, 4) is 11.5 Å². The number of aromatic nitrogens is 2. The lowest BCUT2D eigenvalue weighted by molar-refractivity contribution is 0.0509. The van der Waals surface area contributed by atoms with Crippen molar-refractivity contribution in [1.29, 1.82) is 0 Å². The molecule has 0 fully saturated rings. The molecule has 4 aromatic rings. The van der Waals surface area contributed by atoms with Crippen molar-refractivity contribution in [2.45, 2.75) is 20.5 Å². The van der Waals surface area contributed by atoms with Gasteiger partial charge in [-0.25, -0.2) is 14.6 Å². The van der Waals surface area contributed by atoms with Gasteiger partial charge in [-0.3, -0.25) is 0 Å².